The summed E-state index contributed by atoms with van der Waals surface area (Å²) in [4.78, 5) is 24.5. The molecule has 2 atom stereocenters. The van der Waals surface area contributed by atoms with Crippen LogP contribution < -0.4 is 16.8 Å². The van der Waals surface area contributed by atoms with Crippen LogP contribution in [0.5, 0.6) is 0 Å². The number of unbranched alkanes of at least 4 members (excludes halogenated alkanes) is 9. The highest BCUT2D eigenvalue weighted by molar-refractivity contribution is 6.07. The molecule has 5 N–H and O–H groups in total. The van der Waals surface area contributed by atoms with Gasteiger partial charge in [-0.25, -0.2) is 0 Å². The van der Waals surface area contributed by atoms with Gasteiger partial charge in [0, 0.05) is 11.4 Å². The SMILES string of the molecule is CCCCCCCCCCCCC1C(=O)NC(=O)C1c1cc(N)cc(N)c1. The molecule has 5 nitrogen and oxygen atoms in total. The quantitative estimate of drug-likeness (QED) is 0.285. The van der Waals surface area contributed by atoms with Crippen molar-refractivity contribution in [2.45, 2.75) is 83.5 Å². The Labute approximate surface area is 163 Å². The second-order valence-electron chi connectivity index (χ2n) is 7.84. The Morgan fingerprint density at radius 2 is 1.30 bits per heavy atom. The zero-order valence-electron chi connectivity index (χ0n) is 16.6. The first-order valence-corrected chi connectivity index (χ1v) is 10.5. The molecule has 0 bridgehead atoms. The molecular formula is C22H35N3O2. The molecule has 1 aliphatic rings. The van der Waals surface area contributed by atoms with Crippen molar-refractivity contribution in [2.24, 2.45) is 5.92 Å². The second-order valence-corrected chi connectivity index (χ2v) is 7.84. The lowest BCUT2D eigenvalue weighted by Gasteiger charge is -2.16. The van der Waals surface area contributed by atoms with Gasteiger partial charge in [-0.1, -0.05) is 71.1 Å². The lowest BCUT2D eigenvalue weighted by Crippen LogP contribution is -2.22. The number of amides is 2. The van der Waals surface area contributed by atoms with Gasteiger partial charge in [0.2, 0.25) is 11.8 Å². The molecule has 0 aliphatic carbocycles. The minimum absolute atomic E-state index is 0.165. The Morgan fingerprint density at radius 1 is 0.778 bits per heavy atom. The van der Waals surface area contributed by atoms with Gasteiger partial charge in [0.1, 0.15) is 0 Å². The number of nitrogen functional groups attached to an aromatic ring is 2. The molecule has 27 heavy (non-hydrogen) atoms. The van der Waals surface area contributed by atoms with E-state index in [0.29, 0.717) is 11.4 Å². The normalized spacial score (nSPS) is 19.4. The Morgan fingerprint density at radius 3 is 1.85 bits per heavy atom. The maximum Gasteiger partial charge on any atom is 0.234 e. The standard InChI is InChI=1S/C22H35N3O2/c1-2-3-4-5-6-7-8-9-10-11-12-19-20(22(27)25-21(19)26)16-13-17(23)15-18(24)14-16/h13-15,19-20H,2-12,23-24H2,1H3,(H,25,26,27). The van der Waals surface area contributed by atoms with E-state index in [0.717, 1.165) is 24.8 Å². The summed E-state index contributed by atoms with van der Waals surface area (Å²) in [6.45, 7) is 2.24. The number of rotatable bonds is 12. The van der Waals surface area contributed by atoms with E-state index < -0.39 is 5.92 Å². The molecule has 2 amide bonds. The summed E-state index contributed by atoms with van der Waals surface area (Å²) in [5.41, 5.74) is 13.5. The third-order valence-corrected chi connectivity index (χ3v) is 5.50. The minimum Gasteiger partial charge on any atom is -0.399 e. The maximum absolute atomic E-state index is 12.3. The highest BCUT2D eigenvalue weighted by Crippen LogP contribution is 2.35. The average Bonchev–Trinajstić information content (AvgIpc) is 2.89. The summed E-state index contributed by atoms with van der Waals surface area (Å²) in [5, 5.41) is 2.48. The molecule has 1 aromatic carbocycles. The molecular weight excluding hydrogens is 338 g/mol. The van der Waals surface area contributed by atoms with Gasteiger partial charge in [0.25, 0.3) is 0 Å². The number of nitrogens with two attached hydrogens (primary N) is 2. The Kier molecular flexibility index (Phi) is 8.62. The monoisotopic (exact) mass is 373 g/mol. The molecule has 150 valence electrons. The molecule has 0 spiro atoms. The molecule has 1 saturated heterocycles. The van der Waals surface area contributed by atoms with Crippen molar-refractivity contribution >= 4 is 23.2 Å². The predicted octanol–water partition coefficient (Wildman–Crippen LogP) is 4.52. The van der Waals surface area contributed by atoms with Crippen LogP contribution in [0.1, 0.15) is 89.0 Å². The van der Waals surface area contributed by atoms with Crippen LogP contribution in [0.25, 0.3) is 0 Å². The molecule has 2 rings (SSSR count). The fraction of sp³-hybridized carbons (Fsp3) is 0.636. The maximum atomic E-state index is 12.3. The summed E-state index contributed by atoms with van der Waals surface area (Å²) in [6, 6.07) is 5.17. The molecule has 1 heterocycles. The van der Waals surface area contributed by atoms with E-state index in [4.69, 9.17) is 11.5 Å². The van der Waals surface area contributed by atoms with Crippen LogP contribution in [0.3, 0.4) is 0 Å². The van der Waals surface area contributed by atoms with E-state index in [2.05, 4.69) is 12.2 Å². The summed E-state index contributed by atoms with van der Waals surface area (Å²) in [5.74, 6) is -1.18. The van der Waals surface area contributed by atoms with E-state index in [1.807, 2.05) is 0 Å². The smallest absolute Gasteiger partial charge is 0.234 e. The van der Waals surface area contributed by atoms with Gasteiger partial charge in [0.15, 0.2) is 0 Å². The van der Waals surface area contributed by atoms with Crippen LogP contribution in [0.15, 0.2) is 18.2 Å². The number of hydrogen-bond donors (Lipinski definition) is 3. The zero-order valence-corrected chi connectivity index (χ0v) is 16.6. The molecule has 1 aliphatic heterocycles. The zero-order chi connectivity index (χ0) is 19.6. The number of anilines is 2. The first kappa shape index (κ1) is 21.3. The average molecular weight is 374 g/mol. The van der Waals surface area contributed by atoms with Crippen LogP contribution in [0.2, 0.25) is 0 Å². The molecule has 0 radical (unpaired) electrons. The van der Waals surface area contributed by atoms with E-state index in [9.17, 15) is 9.59 Å². The molecule has 5 heteroatoms. The van der Waals surface area contributed by atoms with E-state index >= 15 is 0 Å². The Balaban J connectivity index is 1.75. The number of nitrogens with one attached hydrogen (secondary N) is 1. The topological polar surface area (TPSA) is 98.2 Å². The van der Waals surface area contributed by atoms with Crippen LogP contribution in [0.4, 0.5) is 11.4 Å². The highest BCUT2D eigenvalue weighted by atomic mass is 16.2. The molecule has 1 aromatic rings. The largest absolute Gasteiger partial charge is 0.399 e. The fourth-order valence-electron chi connectivity index (χ4n) is 4.04. The van der Waals surface area contributed by atoms with Gasteiger partial charge >= 0.3 is 0 Å². The molecule has 2 unspecified atom stereocenters. The van der Waals surface area contributed by atoms with Crippen molar-refractivity contribution in [3.05, 3.63) is 23.8 Å². The van der Waals surface area contributed by atoms with Crippen LogP contribution in [-0.2, 0) is 9.59 Å². The Hall–Kier alpha value is -2.04. The Bertz CT molecular complexity index is 610. The summed E-state index contributed by atoms with van der Waals surface area (Å²) < 4.78 is 0. The second kappa shape index (κ2) is 11.0. The lowest BCUT2D eigenvalue weighted by atomic mass is 9.84. The number of carbonyl (C=O) groups is 2. The first-order valence-electron chi connectivity index (χ1n) is 10.5. The van der Waals surface area contributed by atoms with E-state index in [-0.39, 0.29) is 17.7 Å². The lowest BCUT2D eigenvalue weighted by molar-refractivity contribution is -0.125. The van der Waals surface area contributed by atoms with Gasteiger partial charge in [-0.15, -0.1) is 0 Å². The van der Waals surface area contributed by atoms with Crippen molar-refractivity contribution < 1.29 is 9.59 Å². The minimum atomic E-state index is -0.470. The molecule has 0 aromatic heterocycles. The molecule has 0 saturated carbocycles. The van der Waals surface area contributed by atoms with Crippen molar-refractivity contribution in [1.82, 2.24) is 5.32 Å². The van der Waals surface area contributed by atoms with Crippen LogP contribution in [-0.4, -0.2) is 11.8 Å². The third-order valence-electron chi connectivity index (χ3n) is 5.50. The predicted molar refractivity (Wildman–Crippen MR) is 111 cm³/mol. The summed E-state index contributed by atoms with van der Waals surface area (Å²) in [7, 11) is 0. The van der Waals surface area contributed by atoms with E-state index in [1.165, 1.54) is 51.4 Å². The van der Waals surface area contributed by atoms with Gasteiger partial charge < -0.3 is 11.5 Å². The number of benzene rings is 1. The fourth-order valence-corrected chi connectivity index (χ4v) is 4.04. The number of carbonyl (C=O) groups excluding carboxylic acids is 2. The van der Waals surface area contributed by atoms with Crippen molar-refractivity contribution in [3.63, 3.8) is 0 Å². The van der Waals surface area contributed by atoms with Gasteiger partial charge in [-0.3, -0.25) is 14.9 Å². The van der Waals surface area contributed by atoms with Gasteiger partial charge in [0.05, 0.1) is 11.8 Å². The van der Waals surface area contributed by atoms with E-state index in [1.54, 1.807) is 18.2 Å². The third kappa shape index (κ3) is 6.56. The highest BCUT2D eigenvalue weighted by Gasteiger charge is 2.42. The van der Waals surface area contributed by atoms with Crippen molar-refractivity contribution in [1.29, 1.82) is 0 Å². The van der Waals surface area contributed by atoms with Gasteiger partial charge in [-0.2, -0.15) is 0 Å². The summed E-state index contributed by atoms with van der Waals surface area (Å²) >= 11 is 0. The molecule has 1 fully saturated rings. The first-order chi connectivity index (χ1) is 13.0. The summed E-state index contributed by atoms with van der Waals surface area (Å²) in [6.07, 6.45) is 13.3. The van der Waals surface area contributed by atoms with Crippen molar-refractivity contribution in [3.8, 4) is 0 Å². The van der Waals surface area contributed by atoms with Crippen LogP contribution >= 0.6 is 0 Å². The van der Waals surface area contributed by atoms with Crippen LogP contribution in [0, 0.1) is 5.92 Å². The van der Waals surface area contributed by atoms with Crippen molar-refractivity contribution in [2.75, 3.05) is 11.5 Å². The number of imide groups is 1. The number of hydrogen-bond acceptors (Lipinski definition) is 4. The van der Waals surface area contributed by atoms with Gasteiger partial charge in [-0.05, 0) is 30.2 Å².